The molecule has 2 aliphatic heterocycles. The molecule has 0 aliphatic carbocycles. The molecule has 88 valence electrons. The minimum absolute atomic E-state index is 0.776. The monoisotopic (exact) mass is 211 g/mol. The van der Waals surface area contributed by atoms with Crippen LogP contribution in [0.25, 0.3) is 0 Å². The van der Waals surface area contributed by atoms with Crippen molar-refractivity contribution in [1.29, 1.82) is 0 Å². The molecule has 0 amide bonds. The zero-order valence-corrected chi connectivity index (χ0v) is 10.4. The van der Waals surface area contributed by atoms with Gasteiger partial charge in [-0.05, 0) is 52.9 Å². The first-order valence-electron chi connectivity index (χ1n) is 6.29. The summed E-state index contributed by atoms with van der Waals surface area (Å²) in [5.41, 5.74) is 0. The highest BCUT2D eigenvalue weighted by atomic mass is 15.3. The Kier molecular flexibility index (Phi) is 3.65. The predicted octanol–water partition coefficient (Wildman–Crippen LogP) is 0.620. The van der Waals surface area contributed by atoms with E-state index in [4.69, 9.17) is 0 Å². The van der Waals surface area contributed by atoms with Gasteiger partial charge in [0.15, 0.2) is 0 Å². The standard InChI is InChI=1S/C12H25N3/c1-10-6-12(9-14(10)3)15-5-4-11(8-15)7-13-2/h10-13H,4-9H2,1-3H3. The molecule has 0 aromatic rings. The first kappa shape index (κ1) is 11.4. The van der Waals surface area contributed by atoms with E-state index in [1.165, 1.54) is 39.0 Å². The number of hydrogen-bond donors (Lipinski definition) is 1. The second kappa shape index (κ2) is 4.81. The summed E-state index contributed by atoms with van der Waals surface area (Å²) in [7, 11) is 4.32. The van der Waals surface area contributed by atoms with Gasteiger partial charge in [-0.15, -0.1) is 0 Å². The van der Waals surface area contributed by atoms with Crippen molar-refractivity contribution in [3.63, 3.8) is 0 Å². The van der Waals surface area contributed by atoms with Gasteiger partial charge in [0.1, 0.15) is 0 Å². The maximum absolute atomic E-state index is 3.30. The summed E-state index contributed by atoms with van der Waals surface area (Å²) in [5.74, 6) is 0.885. The molecule has 3 atom stereocenters. The van der Waals surface area contributed by atoms with Crippen LogP contribution in [0.5, 0.6) is 0 Å². The van der Waals surface area contributed by atoms with Gasteiger partial charge < -0.3 is 10.2 Å². The third kappa shape index (κ3) is 2.52. The molecule has 2 rings (SSSR count). The van der Waals surface area contributed by atoms with Crippen molar-refractivity contribution in [2.24, 2.45) is 5.92 Å². The third-order valence-electron chi connectivity index (χ3n) is 4.19. The summed E-state index contributed by atoms with van der Waals surface area (Å²) in [6, 6.07) is 1.60. The molecule has 2 aliphatic rings. The predicted molar refractivity (Wildman–Crippen MR) is 64.1 cm³/mol. The lowest BCUT2D eigenvalue weighted by atomic mass is 10.1. The first-order chi connectivity index (χ1) is 7.20. The van der Waals surface area contributed by atoms with Crippen molar-refractivity contribution in [2.45, 2.75) is 31.8 Å². The molecule has 15 heavy (non-hydrogen) atoms. The van der Waals surface area contributed by atoms with E-state index in [0.717, 1.165) is 18.0 Å². The second-order valence-electron chi connectivity index (χ2n) is 5.39. The van der Waals surface area contributed by atoms with Gasteiger partial charge in [0.2, 0.25) is 0 Å². The Bertz CT molecular complexity index is 197. The first-order valence-corrected chi connectivity index (χ1v) is 6.29. The molecule has 0 bridgehead atoms. The van der Waals surface area contributed by atoms with E-state index >= 15 is 0 Å². The Morgan fingerprint density at radius 1 is 1.33 bits per heavy atom. The van der Waals surface area contributed by atoms with Crippen molar-refractivity contribution in [3.05, 3.63) is 0 Å². The van der Waals surface area contributed by atoms with Crippen LogP contribution in [0.15, 0.2) is 0 Å². The SMILES string of the molecule is CNCC1CCN(C2CC(C)N(C)C2)C1. The number of hydrogen-bond acceptors (Lipinski definition) is 3. The average Bonchev–Trinajstić information content (AvgIpc) is 2.76. The Morgan fingerprint density at radius 3 is 2.73 bits per heavy atom. The van der Waals surface area contributed by atoms with Gasteiger partial charge in [0, 0.05) is 25.2 Å². The molecule has 0 aromatic heterocycles. The summed E-state index contributed by atoms with van der Waals surface area (Å²) in [5, 5.41) is 3.30. The van der Waals surface area contributed by atoms with Crippen LogP contribution in [0.4, 0.5) is 0 Å². The summed E-state index contributed by atoms with van der Waals surface area (Å²) >= 11 is 0. The van der Waals surface area contributed by atoms with E-state index in [1.54, 1.807) is 0 Å². The maximum atomic E-state index is 3.30. The van der Waals surface area contributed by atoms with Gasteiger partial charge in [0.05, 0.1) is 0 Å². The topological polar surface area (TPSA) is 18.5 Å². The van der Waals surface area contributed by atoms with Crippen LogP contribution in [0.1, 0.15) is 19.8 Å². The number of nitrogens with one attached hydrogen (secondary N) is 1. The third-order valence-corrected chi connectivity index (χ3v) is 4.19. The molecule has 0 saturated carbocycles. The molecular formula is C12H25N3. The fraction of sp³-hybridized carbons (Fsp3) is 1.00. The van der Waals surface area contributed by atoms with Crippen molar-refractivity contribution >= 4 is 0 Å². The quantitative estimate of drug-likeness (QED) is 0.738. The summed E-state index contributed by atoms with van der Waals surface area (Å²) < 4.78 is 0. The van der Waals surface area contributed by atoms with E-state index < -0.39 is 0 Å². The van der Waals surface area contributed by atoms with E-state index in [9.17, 15) is 0 Å². The Hall–Kier alpha value is -0.120. The highest BCUT2D eigenvalue weighted by Crippen LogP contribution is 2.25. The smallest absolute Gasteiger partial charge is 0.0238 e. The highest BCUT2D eigenvalue weighted by Gasteiger charge is 2.34. The maximum Gasteiger partial charge on any atom is 0.0238 e. The minimum atomic E-state index is 0.776. The van der Waals surface area contributed by atoms with Gasteiger partial charge in [-0.1, -0.05) is 0 Å². The molecule has 0 radical (unpaired) electrons. The van der Waals surface area contributed by atoms with E-state index in [2.05, 4.69) is 36.1 Å². The zero-order chi connectivity index (χ0) is 10.8. The summed E-state index contributed by atoms with van der Waals surface area (Å²) in [6.45, 7) is 7.44. The Labute approximate surface area is 93.8 Å². The number of nitrogens with zero attached hydrogens (tertiary/aromatic N) is 2. The van der Waals surface area contributed by atoms with Gasteiger partial charge >= 0.3 is 0 Å². The van der Waals surface area contributed by atoms with Crippen LogP contribution in [-0.4, -0.2) is 62.2 Å². The Morgan fingerprint density at radius 2 is 2.13 bits per heavy atom. The molecule has 3 unspecified atom stereocenters. The summed E-state index contributed by atoms with van der Waals surface area (Å²) in [4.78, 5) is 5.21. The molecule has 2 saturated heterocycles. The number of likely N-dealkylation sites (N-methyl/N-ethyl adjacent to an activating group) is 1. The summed E-state index contributed by atoms with van der Waals surface area (Å²) in [6.07, 6.45) is 2.75. The molecule has 2 heterocycles. The zero-order valence-electron chi connectivity index (χ0n) is 10.4. The van der Waals surface area contributed by atoms with E-state index in [-0.39, 0.29) is 0 Å². The van der Waals surface area contributed by atoms with Gasteiger partial charge in [0.25, 0.3) is 0 Å². The molecule has 0 spiro atoms. The molecular weight excluding hydrogens is 186 g/mol. The van der Waals surface area contributed by atoms with Crippen LogP contribution < -0.4 is 5.32 Å². The average molecular weight is 211 g/mol. The fourth-order valence-electron chi connectivity index (χ4n) is 3.07. The molecule has 3 nitrogen and oxygen atoms in total. The minimum Gasteiger partial charge on any atom is -0.319 e. The second-order valence-corrected chi connectivity index (χ2v) is 5.39. The normalized spacial score (nSPS) is 39.0. The molecule has 0 aromatic carbocycles. The van der Waals surface area contributed by atoms with E-state index in [1.807, 2.05) is 0 Å². The van der Waals surface area contributed by atoms with Crippen molar-refractivity contribution in [3.8, 4) is 0 Å². The van der Waals surface area contributed by atoms with E-state index in [0.29, 0.717) is 0 Å². The lowest BCUT2D eigenvalue weighted by Gasteiger charge is -2.23. The highest BCUT2D eigenvalue weighted by molar-refractivity contribution is 4.90. The fourth-order valence-corrected chi connectivity index (χ4v) is 3.07. The van der Waals surface area contributed by atoms with Crippen molar-refractivity contribution in [1.82, 2.24) is 15.1 Å². The lowest BCUT2D eigenvalue weighted by molar-refractivity contribution is 0.233. The van der Waals surface area contributed by atoms with Gasteiger partial charge in [-0.3, -0.25) is 4.90 Å². The lowest BCUT2D eigenvalue weighted by Crippen LogP contribution is -2.36. The van der Waals surface area contributed by atoms with Crippen LogP contribution >= 0.6 is 0 Å². The molecule has 1 N–H and O–H groups in total. The Balaban J connectivity index is 1.81. The molecule has 2 fully saturated rings. The number of rotatable bonds is 3. The van der Waals surface area contributed by atoms with Gasteiger partial charge in [-0.2, -0.15) is 0 Å². The van der Waals surface area contributed by atoms with Crippen LogP contribution in [0.2, 0.25) is 0 Å². The van der Waals surface area contributed by atoms with Crippen molar-refractivity contribution < 1.29 is 0 Å². The largest absolute Gasteiger partial charge is 0.319 e. The van der Waals surface area contributed by atoms with Crippen molar-refractivity contribution in [2.75, 3.05) is 40.3 Å². The van der Waals surface area contributed by atoms with Gasteiger partial charge in [-0.25, -0.2) is 0 Å². The molecule has 3 heteroatoms. The van der Waals surface area contributed by atoms with Crippen LogP contribution in [0.3, 0.4) is 0 Å². The number of likely N-dealkylation sites (tertiary alicyclic amines) is 2. The van der Waals surface area contributed by atoms with Crippen LogP contribution in [0, 0.1) is 5.92 Å². The van der Waals surface area contributed by atoms with Crippen LogP contribution in [-0.2, 0) is 0 Å².